The molecule has 0 saturated carbocycles. The van der Waals surface area contributed by atoms with Crippen molar-refractivity contribution >= 4 is 30.7 Å². The van der Waals surface area contributed by atoms with Crippen molar-refractivity contribution in [2.45, 2.75) is 6.92 Å². The monoisotopic (exact) mass is 185 g/mol. The topological polar surface area (TPSA) is 12.4 Å². The molecular formula is C3H8IN. The molecule has 0 fully saturated rings. The summed E-state index contributed by atoms with van der Waals surface area (Å²) in [6.45, 7) is 6.01. The van der Waals surface area contributed by atoms with Crippen molar-refractivity contribution in [3.8, 4) is 0 Å². The van der Waals surface area contributed by atoms with Crippen LogP contribution in [0.15, 0.2) is 4.99 Å². The minimum absolute atomic E-state index is 0. The van der Waals surface area contributed by atoms with Gasteiger partial charge in [0.05, 0.1) is 0 Å². The Bertz CT molecular complexity index is 20.9. The van der Waals surface area contributed by atoms with Gasteiger partial charge in [0.15, 0.2) is 0 Å². The molecule has 0 amide bonds. The Balaban J connectivity index is 0. The van der Waals surface area contributed by atoms with Crippen molar-refractivity contribution < 1.29 is 0 Å². The molecule has 0 spiro atoms. The first-order chi connectivity index (χ1) is 1.91. The van der Waals surface area contributed by atoms with Gasteiger partial charge in [-0.25, -0.2) is 0 Å². The summed E-state index contributed by atoms with van der Waals surface area (Å²) < 4.78 is 0. The molecule has 0 radical (unpaired) electrons. The van der Waals surface area contributed by atoms with Crippen molar-refractivity contribution in [1.29, 1.82) is 0 Å². The number of hydrogen-bond acceptors (Lipinski definition) is 1. The largest absolute Gasteiger partial charge is 0.301 e. The van der Waals surface area contributed by atoms with E-state index in [-0.39, 0.29) is 24.0 Å². The number of hydrogen-bond donors (Lipinski definition) is 0. The van der Waals surface area contributed by atoms with E-state index < -0.39 is 0 Å². The lowest BCUT2D eigenvalue weighted by molar-refractivity contribution is 1.15. The average molecular weight is 185 g/mol. The van der Waals surface area contributed by atoms with E-state index in [0.29, 0.717) is 0 Å². The maximum Gasteiger partial charge on any atom is 0.0353 e. The van der Waals surface area contributed by atoms with E-state index in [1.807, 2.05) is 6.92 Å². The number of aliphatic imine (C=N–C) groups is 1. The summed E-state index contributed by atoms with van der Waals surface area (Å²) in [5.74, 6) is 0. The maximum absolute atomic E-state index is 3.49. The Kier molecular flexibility index (Phi) is 16.0. The lowest BCUT2D eigenvalue weighted by Gasteiger charge is -1.61. The molecule has 0 aromatic rings. The van der Waals surface area contributed by atoms with Crippen molar-refractivity contribution in [2.75, 3.05) is 6.54 Å². The molecule has 0 aromatic carbocycles. The van der Waals surface area contributed by atoms with E-state index in [2.05, 4.69) is 11.7 Å². The zero-order chi connectivity index (χ0) is 3.41. The van der Waals surface area contributed by atoms with E-state index >= 15 is 0 Å². The van der Waals surface area contributed by atoms with Crippen LogP contribution < -0.4 is 0 Å². The van der Waals surface area contributed by atoms with E-state index in [0.717, 1.165) is 6.54 Å². The summed E-state index contributed by atoms with van der Waals surface area (Å²) >= 11 is 0. The fourth-order valence-electron chi connectivity index (χ4n) is 0. The van der Waals surface area contributed by atoms with Crippen LogP contribution in [-0.4, -0.2) is 13.3 Å². The molecular weight excluding hydrogens is 177 g/mol. The van der Waals surface area contributed by atoms with Crippen LogP contribution in [0.2, 0.25) is 0 Å². The van der Waals surface area contributed by atoms with E-state index in [4.69, 9.17) is 0 Å². The minimum Gasteiger partial charge on any atom is -0.301 e. The highest BCUT2D eigenvalue weighted by atomic mass is 127. The van der Waals surface area contributed by atoms with Gasteiger partial charge >= 0.3 is 0 Å². The molecule has 0 atom stereocenters. The highest BCUT2D eigenvalue weighted by Gasteiger charge is 1.43. The standard InChI is InChI=1S/C3H7N.HI/c1-3-4-2;/h2-3H2,1H3;1H. The van der Waals surface area contributed by atoms with Crippen molar-refractivity contribution in [2.24, 2.45) is 4.99 Å². The fraction of sp³-hybridized carbons (Fsp3) is 0.667. The van der Waals surface area contributed by atoms with Crippen molar-refractivity contribution in [3.05, 3.63) is 0 Å². The molecule has 0 aliphatic carbocycles. The van der Waals surface area contributed by atoms with Gasteiger partial charge in [0.25, 0.3) is 0 Å². The second-order valence-corrected chi connectivity index (χ2v) is 0.540. The Labute approximate surface area is 49.5 Å². The van der Waals surface area contributed by atoms with E-state index in [1.54, 1.807) is 0 Å². The molecule has 0 aromatic heterocycles. The van der Waals surface area contributed by atoms with Crippen LogP contribution in [0, 0.1) is 0 Å². The number of halogens is 1. The quantitative estimate of drug-likeness (QED) is 0.431. The predicted molar refractivity (Wildman–Crippen MR) is 35.5 cm³/mol. The second kappa shape index (κ2) is 8.83. The molecule has 5 heavy (non-hydrogen) atoms. The fourth-order valence-corrected chi connectivity index (χ4v) is 0. The van der Waals surface area contributed by atoms with Gasteiger partial charge in [-0.15, -0.1) is 24.0 Å². The molecule has 1 nitrogen and oxygen atoms in total. The summed E-state index contributed by atoms with van der Waals surface area (Å²) in [7, 11) is 0. The van der Waals surface area contributed by atoms with Gasteiger partial charge < -0.3 is 4.99 Å². The molecule has 0 saturated heterocycles. The van der Waals surface area contributed by atoms with Crippen molar-refractivity contribution in [1.82, 2.24) is 0 Å². The predicted octanol–water partition coefficient (Wildman–Crippen LogP) is 1.32. The first-order valence-electron chi connectivity index (χ1n) is 1.34. The van der Waals surface area contributed by atoms with E-state index in [9.17, 15) is 0 Å². The molecule has 0 aliphatic rings. The molecule has 0 aliphatic heterocycles. The molecule has 0 rings (SSSR count). The summed E-state index contributed by atoms with van der Waals surface area (Å²) in [5.41, 5.74) is 0. The van der Waals surface area contributed by atoms with Crippen LogP contribution in [0.3, 0.4) is 0 Å². The lowest BCUT2D eigenvalue weighted by atomic mass is 10.8. The summed E-state index contributed by atoms with van der Waals surface area (Å²) in [6, 6.07) is 0. The van der Waals surface area contributed by atoms with E-state index in [1.165, 1.54) is 0 Å². The summed E-state index contributed by atoms with van der Waals surface area (Å²) in [4.78, 5) is 3.49. The van der Waals surface area contributed by atoms with Crippen LogP contribution in [0.4, 0.5) is 0 Å². The van der Waals surface area contributed by atoms with Gasteiger partial charge in [-0.2, -0.15) is 0 Å². The minimum atomic E-state index is 0. The number of nitrogens with zero attached hydrogens (tertiary/aromatic N) is 1. The van der Waals surface area contributed by atoms with Crippen molar-refractivity contribution in [3.63, 3.8) is 0 Å². The van der Waals surface area contributed by atoms with Gasteiger partial charge in [0.1, 0.15) is 0 Å². The van der Waals surface area contributed by atoms with Gasteiger partial charge in [-0.1, -0.05) is 0 Å². The zero-order valence-electron chi connectivity index (χ0n) is 3.27. The molecule has 32 valence electrons. The zero-order valence-corrected chi connectivity index (χ0v) is 5.60. The Morgan fingerprint density at radius 2 is 2.00 bits per heavy atom. The van der Waals surface area contributed by atoms with Crippen LogP contribution in [-0.2, 0) is 0 Å². The summed E-state index contributed by atoms with van der Waals surface area (Å²) in [6.07, 6.45) is 0. The van der Waals surface area contributed by atoms with Crippen LogP contribution in [0.5, 0.6) is 0 Å². The maximum atomic E-state index is 3.49. The van der Waals surface area contributed by atoms with Gasteiger partial charge in [-0.3, -0.25) is 0 Å². The molecule has 0 N–H and O–H groups in total. The van der Waals surface area contributed by atoms with Gasteiger partial charge in [0.2, 0.25) is 0 Å². The summed E-state index contributed by atoms with van der Waals surface area (Å²) in [5, 5.41) is 0. The highest BCUT2D eigenvalue weighted by molar-refractivity contribution is 14.0. The Morgan fingerprint density at radius 1 is 1.80 bits per heavy atom. The van der Waals surface area contributed by atoms with Gasteiger partial charge in [0, 0.05) is 6.54 Å². The normalized spacial score (nSPS) is 5.00. The van der Waals surface area contributed by atoms with Gasteiger partial charge in [-0.05, 0) is 13.6 Å². The average Bonchev–Trinajstić information content (AvgIpc) is 1.37. The molecule has 0 unspecified atom stereocenters. The molecule has 0 heterocycles. The third-order valence-corrected chi connectivity index (χ3v) is 0.224. The third-order valence-electron chi connectivity index (χ3n) is 0.224. The first-order valence-corrected chi connectivity index (χ1v) is 1.34. The Morgan fingerprint density at radius 3 is 2.00 bits per heavy atom. The van der Waals surface area contributed by atoms with Crippen LogP contribution in [0.25, 0.3) is 0 Å². The van der Waals surface area contributed by atoms with Crippen LogP contribution in [0.1, 0.15) is 6.92 Å². The molecule has 0 bridgehead atoms. The van der Waals surface area contributed by atoms with Crippen LogP contribution >= 0.6 is 24.0 Å². The Hall–Kier alpha value is 0.400. The number of rotatable bonds is 1. The smallest absolute Gasteiger partial charge is 0.0353 e. The second-order valence-electron chi connectivity index (χ2n) is 0.540. The lowest BCUT2D eigenvalue weighted by Crippen LogP contribution is -1.54. The third kappa shape index (κ3) is 12.9. The molecule has 2 heteroatoms. The highest BCUT2D eigenvalue weighted by Crippen LogP contribution is 1.50. The first kappa shape index (κ1) is 9.04. The SMILES string of the molecule is C=NCC.I.